The largest absolute Gasteiger partial charge is 0.383 e. The van der Waals surface area contributed by atoms with Crippen molar-refractivity contribution >= 4 is 26.6 Å². The first kappa shape index (κ1) is 17.7. The fraction of sp³-hybridized carbons (Fsp3) is 0.533. The number of hydrogen-bond acceptors (Lipinski definition) is 5. The van der Waals surface area contributed by atoms with Crippen LogP contribution >= 0.6 is 0 Å². The third kappa shape index (κ3) is 5.49. The molecule has 0 amide bonds. The zero-order valence-electron chi connectivity index (χ0n) is 14.0. The molecular formula is C15H25N5O2S. The minimum absolute atomic E-state index is 0.182. The van der Waals surface area contributed by atoms with Gasteiger partial charge in [-0.2, -0.15) is 5.10 Å². The van der Waals surface area contributed by atoms with Crippen molar-refractivity contribution in [2.45, 2.75) is 26.3 Å². The van der Waals surface area contributed by atoms with Crippen LogP contribution in [-0.4, -0.2) is 50.0 Å². The minimum atomic E-state index is -3.14. The fourth-order valence-electron chi connectivity index (χ4n) is 2.36. The molecule has 0 bridgehead atoms. The van der Waals surface area contributed by atoms with Crippen molar-refractivity contribution in [2.24, 2.45) is 0 Å². The van der Waals surface area contributed by atoms with E-state index in [1.54, 1.807) is 0 Å². The molecule has 0 aliphatic heterocycles. The zero-order chi connectivity index (χ0) is 17.1. The second-order valence-electron chi connectivity index (χ2n) is 6.47. The maximum absolute atomic E-state index is 11.0. The summed E-state index contributed by atoms with van der Waals surface area (Å²) in [7, 11) is -3.14. The average Bonchev–Trinajstić information content (AvgIpc) is 2.88. The number of rotatable bonds is 8. The van der Waals surface area contributed by atoms with Crippen molar-refractivity contribution in [1.29, 1.82) is 0 Å². The lowest BCUT2D eigenvalue weighted by molar-refractivity contribution is 0.411. The molecule has 4 N–H and O–H groups in total. The highest BCUT2D eigenvalue weighted by molar-refractivity contribution is 7.88. The van der Waals surface area contributed by atoms with Gasteiger partial charge in [-0.25, -0.2) is 13.1 Å². The molecule has 0 saturated carbocycles. The summed E-state index contributed by atoms with van der Waals surface area (Å²) >= 11 is 0. The summed E-state index contributed by atoms with van der Waals surface area (Å²) in [6.45, 7) is 7.84. The third-order valence-corrected chi connectivity index (χ3v) is 4.25. The van der Waals surface area contributed by atoms with E-state index in [0.717, 1.165) is 28.4 Å². The lowest BCUT2D eigenvalue weighted by Crippen LogP contribution is -2.48. The first-order chi connectivity index (χ1) is 10.7. The predicted molar refractivity (Wildman–Crippen MR) is 94.2 cm³/mol. The summed E-state index contributed by atoms with van der Waals surface area (Å²) in [6.07, 6.45) is 2.97. The molecule has 0 aliphatic rings. The van der Waals surface area contributed by atoms with Gasteiger partial charge in [0.2, 0.25) is 10.0 Å². The smallest absolute Gasteiger partial charge is 0.208 e. The third-order valence-electron chi connectivity index (χ3n) is 3.52. The van der Waals surface area contributed by atoms with Crippen molar-refractivity contribution < 1.29 is 8.42 Å². The Kier molecular flexibility index (Phi) is 5.28. The Morgan fingerprint density at radius 2 is 2.00 bits per heavy atom. The van der Waals surface area contributed by atoms with E-state index in [-0.39, 0.29) is 5.54 Å². The Bertz CT molecular complexity index is 767. The van der Waals surface area contributed by atoms with E-state index in [2.05, 4.69) is 51.5 Å². The number of H-pyrrole nitrogens is 1. The summed E-state index contributed by atoms with van der Waals surface area (Å²) in [5.74, 6) is 0. The molecule has 8 heteroatoms. The summed E-state index contributed by atoms with van der Waals surface area (Å²) in [5, 5.41) is 14.9. The van der Waals surface area contributed by atoms with Gasteiger partial charge in [0.05, 0.1) is 18.0 Å². The molecule has 23 heavy (non-hydrogen) atoms. The van der Waals surface area contributed by atoms with Crippen molar-refractivity contribution in [2.75, 3.05) is 31.2 Å². The maximum atomic E-state index is 11.0. The number of nitrogens with zero attached hydrogens (tertiary/aromatic N) is 1. The van der Waals surface area contributed by atoms with Gasteiger partial charge in [-0.05, 0) is 38.5 Å². The van der Waals surface area contributed by atoms with Crippen LogP contribution in [0.5, 0.6) is 0 Å². The van der Waals surface area contributed by atoms with Crippen LogP contribution in [0.25, 0.3) is 10.9 Å². The van der Waals surface area contributed by atoms with E-state index in [1.165, 1.54) is 0 Å². The van der Waals surface area contributed by atoms with E-state index < -0.39 is 10.0 Å². The Labute approximate surface area is 137 Å². The van der Waals surface area contributed by atoms with E-state index in [1.807, 2.05) is 13.1 Å². The number of fused-ring (bicyclic) bond motifs is 1. The number of nitrogens with one attached hydrogen (secondary N) is 4. The van der Waals surface area contributed by atoms with Gasteiger partial charge in [-0.1, -0.05) is 0 Å². The van der Waals surface area contributed by atoms with Gasteiger partial charge in [0.15, 0.2) is 0 Å². The second-order valence-corrected chi connectivity index (χ2v) is 8.31. The van der Waals surface area contributed by atoms with Gasteiger partial charge in [0, 0.05) is 36.2 Å². The molecule has 0 unspecified atom stereocenters. The van der Waals surface area contributed by atoms with Crippen molar-refractivity contribution in [3.8, 4) is 0 Å². The van der Waals surface area contributed by atoms with E-state index in [9.17, 15) is 8.42 Å². The Hall–Kier alpha value is -1.64. The monoisotopic (exact) mass is 339 g/mol. The number of aromatic nitrogens is 2. The lowest BCUT2D eigenvalue weighted by Gasteiger charge is -2.27. The van der Waals surface area contributed by atoms with Crippen molar-refractivity contribution in [3.63, 3.8) is 0 Å². The number of aryl methyl sites for hydroxylation is 1. The molecule has 1 heterocycles. The molecule has 0 spiro atoms. The fourth-order valence-corrected chi connectivity index (χ4v) is 2.83. The molecule has 2 rings (SSSR count). The highest BCUT2D eigenvalue weighted by atomic mass is 32.2. The van der Waals surface area contributed by atoms with Gasteiger partial charge in [-0.3, -0.25) is 5.10 Å². The molecule has 0 fully saturated rings. The standard InChI is InChI=1S/C15H25N5O2S/c1-11-7-13(12-9-18-20-14(12)8-11)16-10-15(2,3)17-5-6-19-23(4,21)22/h7-9,16-17,19H,5-6,10H2,1-4H3,(H,18,20). The molecule has 128 valence electrons. The van der Waals surface area contributed by atoms with Crippen LogP contribution in [-0.2, 0) is 10.0 Å². The Morgan fingerprint density at radius 1 is 1.26 bits per heavy atom. The Morgan fingerprint density at radius 3 is 2.70 bits per heavy atom. The molecule has 2 aromatic rings. The number of benzene rings is 1. The second kappa shape index (κ2) is 6.86. The van der Waals surface area contributed by atoms with Gasteiger partial charge in [0.25, 0.3) is 0 Å². The molecule has 1 aromatic carbocycles. The van der Waals surface area contributed by atoms with Gasteiger partial charge < -0.3 is 10.6 Å². The molecule has 0 radical (unpaired) electrons. The summed E-state index contributed by atoms with van der Waals surface area (Å²) in [4.78, 5) is 0. The van der Waals surface area contributed by atoms with Crippen molar-refractivity contribution in [1.82, 2.24) is 20.2 Å². The molecule has 7 nitrogen and oxygen atoms in total. The van der Waals surface area contributed by atoms with Crippen LogP contribution in [0.15, 0.2) is 18.3 Å². The number of aromatic amines is 1. The molecule has 1 aromatic heterocycles. The number of anilines is 1. The van der Waals surface area contributed by atoms with Gasteiger partial charge in [0.1, 0.15) is 0 Å². The number of sulfonamides is 1. The molecule has 0 atom stereocenters. The normalized spacial score (nSPS) is 12.7. The highest BCUT2D eigenvalue weighted by Crippen LogP contribution is 2.24. The van der Waals surface area contributed by atoms with Crippen LogP contribution in [0.4, 0.5) is 5.69 Å². The van der Waals surface area contributed by atoms with Crippen LogP contribution in [0.1, 0.15) is 19.4 Å². The number of hydrogen-bond donors (Lipinski definition) is 4. The first-order valence-electron chi connectivity index (χ1n) is 7.54. The first-order valence-corrected chi connectivity index (χ1v) is 9.43. The summed E-state index contributed by atoms with van der Waals surface area (Å²) in [6, 6.07) is 4.16. The van der Waals surface area contributed by atoms with Crippen LogP contribution in [0.2, 0.25) is 0 Å². The zero-order valence-corrected chi connectivity index (χ0v) is 14.8. The quantitative estimate of drug-likeness (QED) is 0.542. The SMILES string of the molecule is Cc1cc(NCC(C)(C)NCCNS(C)(=O)=O)c2cn[nH]c2c1. The summed E-state index contributed by atoms with van der Waals surface area (Å²) in [5.41, 5.74) is 3.03. The van der Waals surface area contributed by atoms with Crippen LogP contribution in [0, 0.1) is 6.92 Å². The topological polar surface area (TPSA) is 98.9 Å². The van der Waals surface area contributed by atoms with Crippen molar-refractivity contribution in [3.05, 3.63) is 23.9 Å². The summed E-state index contributed by atoms with van der Waals surface area (Å²) < 4.78 is 24.5. The van der Waals surface area contributed by atoms with Crippen LogP contribution < -0.4 is 15.4 Å². The predicted octanol–water partition coefficient (Wildman–Crippen LogP) is 1.20. The average molecular weight is 339 g/mol. The molecule has 0 aliphatic carbocycles. The van der Waals surface area contributed by atoms with Gasteiger partial charge >= 0.3 is 0 Å². The van der Waals surface area contributed by atoms with Gasteiger partial charge in [-0.15, -0.1) is 0 Å². The van der Waals surface area contributed by atoms with E-state index in [0.29, 0.717) is 19.6 Å². The van der Waals surface area contributed by atoms with Crippen LogP contribution in [0.3, 0.4) is 0 Å². The van der Waals surface area contributed by atoms with E-state index in [4.69, 9.17) is 0 Å². The minimum Gasteiger partial charge on any atom is -0.383 e. The molecule has 0 saturated heterocycles. The molecular weight excluding hydrogens is 314 g/mol. The van der Waals surface area contributed by atoms with E-state index >= 15 is 0 Å². The Balaban J connectivity index is 1.91. The lowest BCUT2D eigenvalue weighted by atomic mass is 10.0. The maximum Gasteiger partial charge on any atom is 0.208 e. The highest BCUT2D eigenvalue weighted by Gasteiger charge is 2.17.